The summed E-state index contributed by atoms with van der Waals surface area (Å²) in [5.41, 5.74) is 8.28. The van der Waals surface area contributed by atoms with Gasteiger partial charge >= 0.3 is 0 Å². The van der Waals surface area contributed by atoms with E-state index in [2.05, 4.69) is 41.4 Å². The Balaban J connectivity index is 1.70. The third-order valence-electron chi connectivity index (χ3n) is 5.64. The normalized spacial score (nSPS) is 25.7. The highest BCUT2D eigenvalue weighted by Gasteiger charge is 2.33. The van der Waals surface area contributed by atoms with Crippen LogP contribution in [0.5, 0.6) is 0 Å². The Morgan fingerprint density at radius 1 is 1.28 bits per heavy atom. The lowest BCUT2D eigenvalue weighted by Gasteiger charge is -2.32. The number of rotatable bonds is 6. The quantitative estimate of drug-likeness (QED) is 0.826. The van der Waals surface area contributed by atoms with Crippen LogP contribution in [0, 0.1) is 18.8 Å². The number of hydrogen-bond acceptors (Lipinski definition) is 4. The molecule has 1 aromatic rings. The molecule has 138 valence electrons. The van der Waals surface area contributed by atoms with Crippen LogP contribution in [-0.2, 0) is 9.53 Å². The number of carbonyl (C=O) groups excluding carboxylic acids is 1. The predicted molar refractivity (Wildman–Crippen MR) is 99.2 cm³/mol. The number of benzene rings is 1. The topological polar surface area (TPSA) is 67.6 Å². The minimum absolute atomic E-state index is 0.0187. The summed E-state index contributed by atoms with van der Waals surface area (Å²) in [6, 6.07) is 8.52. The number of amides is 1. The van der Waals surface area contributed by atoms with Crippen LogP contribution in [0.1, 0.15) is 36.4 Å². The summed E-state index contributed by atoms with van der Waals surface area (Å²) < 4.78 is 5.45. The van der Waals surface area contributed by atoms with Crippen molar-refractivity contribution in [3.8, 4) is 0 Å². The molecule has 0 radical (unpaired) electrons. The van der Waals surface area contributed by atoms with E-state index in [1.165, 1.54) is 11.1 Å². The van der Waals surface area contributed by atoms with Crippen LogP contribution in [0.4, 0.5) is 0 Å². The maximum Gasteiger partial charge on any atom is 0.223 e. The lowest BCUT2D eigenvalue weighted by Crippen LogP contribution is -2.45. The SMILES string of the molecule is Cc1ccc(C(CN2CCOCC2)NC(=O)[C@@H]2CCC[C@@H]2CN)cc1. The zero-order valence-electron chi connectivity index (χ0n) is 15.2. The third kappa shape index (κ3) is 4.81. The third-order valence-corrected chi connectivity index (χ3v) is 5.64. The van der Waals surface area contributed by atoms with Crippen molar-refractivity contribution in [1.82, 2.24) is 10.2 Å². The van der Waals surface area contributed by atoms with Crippen LogP contribution in [0.15, 0.2) is 24.3 Å². The molecule has 1 saturated carbocycles. The maximum absolute atomic E-state index is 12.9. The van der Waals surface area contributed by atoms with Gasteiger partial charge in [-0.3, -0.25) is 9.69 Å². The van der Waals surface area contributed by atoms with Crippen molar-refractivity contribution in [1.29, 1.82) is 0 Å². The molecule has 3 atom stereocenters. The molecule has 1 amide bonds. The van der Waals surface area contributed by atoms with Crippen molar-refractivity contribution in [3.05, 3.63) is 35.4 Å². The first-order valence-corrected chi connectivity index (χ1v) is 9.54. The molecule has 1 heterocycles. The Kier molecular flexibility index (Phi) is 6.45. The highest BCUT2D eigenvalue weighted by atomic mass is 16.5. The number of nitrogens with two attached hydrogens (primary N) is 1. The molecule has 5 nitrogen and oxygen atoms in total. The van der Waals surface area contributed by atoms with Gasteiger partial charge in [-0.1, -0.05) is 36.2 Å². The fraction of sp³-hybridized carbons (Fsp3) is 0.650. The molecule has 3 N–H and O–H groups in total. The maximum atomic E-state index is 12.9. The van der Waals surface area contributed by atoms with Crippen molar-refractivity contribution < 1.29 is 9.53 Å². The number of carbonyl (C=O) groups is 1. The van der Waals surface area contributed by atoms with E-state index in [0.717, 1.165) is 52.1 Å². The summed E-state index contributed by atoms with van der Waals surface area (Å²) >= 11 is 0. The molecule has 0 bridgehead atoms. The van der Waals surface area contributed by atoms with Gasteiger partial charge in [-0.15, -0.1) is 0 Å². The highest BCUT2D eigenvalue weighted by Crippen LogP contribution is 2.31. The first-order chi connectivity index (χ1) is 12.2. The van der Waals surface area contributed by atoms with E-state index in [1.807, 2.05) is 0 Å². The fourth-order valence-corrected chi connectivity index (χ4v) is 4.02. The minimum atomic E-state index is 0.0187. The predicted octanol–water partition coefficient (Wildman–Crippen LogP) is 1.86. The summed E-state index contributed by atoms with van der Waals surface area (Å²) in [5.74, 6) is 0.580. The molecule has 2 aliphatic rings. The molecule has 25 heavy (non-hydrogen) atoms. The number of hydrogen-bond donors (Lipinski definition) is 2. The largest absolute Gasteiger partial charge is 0.379 e. The Morgan fingerprint density at radius 2 is 2.00 bits per heavy atom. The van der Waals surface area contributed by atoms with Gasteiger partial charge < -0.3 is 15.8 Å². The summed E-state index contributed by atoms with van der Waals surface area (Å²) in [6.45, 7) is 6.91. The van der Waals surface area contributed by atoms with E-state index in [-0.39, 0.29) is 17.9 Å². The molecular weight excluding hydrogens is 314 g/mol. The standard InChI is InChI=1S/C20H31N3O2/c1-15-5-7-16(8-6-15)19(14-23-9-11-25-12-10-23)22-20(24)18-4-2-3-17(18)13-21/h5-8,17-19H,2-4,9-14,21H2,1H3,(H,22,24)/t17-,18-,19?/m1/s1. The number of aryl methyl sites for hydroxylation is 1. The average molecular weight is 345 g/mol. The number of nitrogens with zero attached hydrogens (tertiary/aromatic N) is 1. The highest BCUT2D eigenvalue weighted by molar-refractivity contribution is 5.79. The first kappa shape index (κ1) is 18.4. The van der Waals surface area contributed by atoms with Crippen molar-refractivity contribution in [2.75, 3.05) is 39.4 Å². The summed E-state index contributed by atoms with van der Waals surface area (Å²) in [5, 5.41) is 3.33. The molecule has 5 heteroatoms. The Morgan fingerprint density at radius 3 is 2.68 bits per heavy atom. The summed E-state index contributed by atoms with van der Waals surface area (Å²) in [4.78, 5) is 15.3. The second-order valence-corrected chi connectivity index (χ2v) is 7.42. The molecule has 2 fully saturated rings. The Bertz CT molecular complexity index is 555. The van der Waals surface area contributed by atoms with E-state index in [4.69, 9.17) is 10.5 Å². The number of nitrogens with one attached hydrogen (secondary N) is 1. The van der Waals surface area contributed by atoms with Crippen LogP contribution in [0.2, 0.25) is 0 Å². The van der Waals surface area contributed by atoms with Crippen LogP contribution in [0.3, 0.4) is 0 Å². The van der Waals surface area contributed by atoms with E-state index in [1.54, 1.807) is 0 Å². The second kappa shape index (κ2) is 8.79. The van der Waals surface area contributed by atoms with E-state index in [0.29, 0.717) is 12.5 Å². The molecule has 1 aromatic carbocycles. The van der Waals surface area contributed by atoms with Crippen molar-refractivity contribution in [2.45, 2.75) is 32.2 Å². The van der Waals surface area contributed by atoms with Crippen LogP contribution in [0.25, 0.3) is 0 Å². The molecule has 1 aliphatic carbocycles. The zero-order chi connectivity index (χ0) is 17.6. The lowest BCUT2D eigenvalue weighted by atomic mass is 9.94. The Hall–Kier alpha value is -1.43. The van der Waals surface area contributed by atoms with Crippen LogP contribution < -0.4 is 11.1 Å². The van der Waals surface area contributed by atoms with Gasteiger partial charge in [0.05, 0.1) is 19.3 Å². The lowest BCUT2D eigenvalue weighted by molar-refractivity contribution is -0.127. The van der Waals surface area contributed by atoms with Gasteiger partial charge in [0.1, 0.15) is 0 Å². The monoisotopic (exact) mass is 345 g/mol. The summed E-state index contributed by atoms with van der Waals surface area (Å²) in [7, 11) is 0. The molecular formula is C20H31N3O2. The molecule has 1 unspecified atom stereocenters. The smallest absolute Gasteiger partial charge is 0.223 e. The first-order valence-electron chi connectivity index (χ1n) is 9.54. The van der Waals surface area contributed by atoms with E-state index >= 15 is 0 Å². The van der Waals surface area contributed by atoms with Crippen LogP contribution >= 0.6 is 0 Å². The van der Waals surface area contributed by atoms with Gasteiger partial charge in [-0.05, 0) is 37.8 Å². The molecule has 0 spiro atoms. The summed E-state index contributed by atoms with van der Waals surface area (Å²) in [6.07, 6.45) is 3.15. The Labute approximate surface area is 150 Å². The molecule has 1 aliphatic heterocycles. The fourth-order valence-electron chi connectivity index (χ4n) is 4.02. The zero-order valence-corrected chi connectivity index (χ0v) is 15.2. The van der Waals surface area contributed by atoms with Crippen molar-refractivity contribution in [2.24, 2.45) is 17.6 Å². The van der Waals surface area contributed by atoms with E-state index in [9.17, 15) is 4.79 Å². The van der Waals surface area contributed by atoms with Gasteiger partial charge in [0, 0.05) is 25.6 Å². The van der Waals surface area contributed by atoms with Crippen LogP contribution in [-0.4, -0.2) is 50.2 Å². The van der Waals surface area contributed by atoms with Gasteiger partial charge in [0.2, 0.25) is 5.91 Å². The van der Waals surface area contributed by atoms with Gasteiger partial charge in [0.15, 0.2) is 0 Å². The van der Waals surface area contributed by atoms with Crippen molar-refractivity contribution >= 4 is 5.91 Å². The molecule has 0 aromatic heterocycles. The van der Waals surface area contributed by atoms with Gasteiger partial charge in [-0.25, -0.2) is 0 Å². The average Bonchev–Trinajstić information content (AvgIpc) is 3.11. The second-order valence-electron chi connectivity index (χ2n) is 7.42. The number of ether oxygens (including phenoxy) is 1. The molecule has 3 rings (SSSR count). The minimum Gasteiger partial charge on any atom is -0.379 e. The number of morpholine rings is 1. The van der Waals surface area contributed by atoms with E-state index < -0.39 is 0 Å². The molecule has 1 saturated heterocycles. The van der Waals surface area contributed by atoms with Crippen molar-refractivity contribution in [3.63, 3.8) is 0 Å². The van der Waals surface area contributed by atoms with Gasteiger partial charge in [0.25, 0.3) is 0 Å². The van der Waals surface area contributed by atoms with Gasteiger partial charge in [-0.2, -0.15) is 0 Å².